The minimum absolute atomic E-state index is 0.0729. The zero-order chi connectivity index (χ0) is 55.9. The Morgan fingerprint density at radius 2 is 1.58 bits per heavy atom. The van der Waals surface area contributed by atoms with Gasteiger partial charge in [0.1, 0.15) is 23.8 Å². The van der Waals surface area contributed by atoms with Gasteiger partial charge in [0.05, 0.1) is 41.4 Å². The number of piperazine rings is 1. The number of fused-ring (bicyclic) bond motifs is 2. The number of benzene rings is 2. The van der Waals surface area contributed by atoms with Gasteiger partial charge < -0.3 is 64.2 Å². The highest BCUT2D eigenvalue weighted by atomic mass is 16.5. The summed E-state index contributed by atoms with van der Waals surface area (Å²) in [5.74, 6) is 2.35. The number of carbonyl (C=O) groups is 2. The molecule has 2 bridgehead atoms. The average Bonchev–Trinajstić information content (AvgIpc) is 4.28. The van der Waals surface area contributed by atoms with Gasteiger partial charge in [-0.3, -0.25) is 9.59 Å². The van der Waals surface area contributed by atoms with Crippen LogP contribution in [0.25, 0.3) is 22.6 Å². The second-order valence-electron chi connectivity index (χ2n) is 23.8. The van der Waals surface area contributed by atoms with Crippen LogP contribution < -0.4 is 30.5 Å². The van der Waals surface area contributed by atoms with E-state index in [0.717, 1.165) is 131 Å². The van der Waals surface area contributed by atoms with Gasteiger partial charge in [-0.25, -0.2) is 9.97 Å². The number of nitrogens with two attached hydrogens (primary N) is 1. The van der Waals surface area contributed by atoms with Gasteiger partial charge in [-0.05, 0) is 94.0 Å². The molecule has 9 heterocycles. The molecule has 6 atom stereocenters. The normalized spacial score (nSPS) is 24.4. The molecule has 6 aliphatic rings. The molecule has 1 saturated carbocycles. The number of phenolic OH excluding ortho intramolecular Hbond substituents is 1. The first-order valence-electron chi connectivity index (χ1n) is 29.2. The maximum absolute atomic E-state index is 14.4. The molecule has 428 valence electrons. The molecule has 6 aromatic rings. The summed E-state index contributed by atoms with van der Waals surface area (Å²) in [4.78, 5) is 48.2. The van der Waals surface area contributed by atoms with Crippen LogP contribution in [0.5, 0.6) is 11.6 Å². The Hall–Kier alpha value is -7.29. The van der Waals surface area contributed by atoms with Crippen molar-refractivity contribution in [3.05, 3.63) is 102 Å². The molecule has 1 aliphatic carbocycles. The number of aromatic hydroxyl groups is 1. The van der Waals surface area contributed by atoms with Crippen molar-refractivity contribution >= 4 is 34.8 Å². The second kappa shape index (κ2) is 23.3. The Labute approximate surface area is 473 Å². The van der Waals surface area contributed by atoms with Crippen LogP contribution in [0.15, 0.2) is 94.3 Å². The van der Waals surface area contributed by atoms with Crippen molar-refractivity contribution in [2.45, 2.75) is 140 Å². The third-order valence-corrected chi connectivity index (χ3v) is 17.9. The molecule has 4 aromatic heterocycles. The summed E-state index contributed by atoms with van der Waals surface area (Å²) in [5.41, 5.74) is 12.2. The van der Waals surface area contributed by atoms with Crippen LogP contribution >= 0.6 is 0 Å². The average molecular weight is 1110 g/mol. The number of hydrogen-bond acceptors (Lipinski definition) is 18. The molecule has 12 rings (SSSR count). The number of carbonyl (C=O) groups excluding carboxylic acids is 2. The smallest absolute Gasteiger partial charge is 0.243 e. The van der Waals surface area contributed by atoms with Crippen molar-refractivity contribution in [2.24, 2.45) is 11.8 Å². The number of likely N-dealkylation sites (tertiary alicyclic amines) is 2. The molecule has 0 spiro atoms. The highest BCUT2D eigenvalue weighted by molar-refractivity contribution is 5.91. The van der Waals surface area contributed by atoms with Crippen molar-refractivity contribution < 1.29 is 38.2 Å². The predicted octanol–water partition coefficient (Wildman–Crippen LogP) is 7.52. The number of amides is 2. The van der Waals surface area contributed by atoms with E-state index < -0.39 is 18.1 Å². The lowest BCUT2D eigenvalue weighted by Gasteiger charge is -2.43. The van der Waals surface area contributed by atoms with Crippen LogP contribution in [0.1, 0.15) is 108 Å². The molecular formula is C61H76N12O8. The summed E-state index contributed by atoms with van der Waals surface area (Å²) in [6, 6.07) is 22.4. The largest absolute Gasteiger partial charge is 0.507 e. The number of anilines is 4. The lowest BCUT2D eigenvalue weighted by molar-refractivity contribution is -0.141. The molecule has 6 fully saturated rings. The van der Waals surface area contributed by atoms with Crippen LogP contribution in [0.4, 0.5) is 23.0 Å². The second-order valence-corrected chi connectivity index (χ2v) is 23.8. The van der Waals surface area contributed by atoms with Gasteiger partial charge in [-0.2, -0.15) is 0 Å². The third-order valence-electron chi connectivity index (χ3n) is 17.9. The first kappa shape index (κ1) is 54.3. The number of nitrogen functional groups attached to an aromatic ring is 1. The lowest BCUT2D eigenvalue weighted by Crippen LogP contribution is -2.54. The number of β-amino-alcohol motifs (C(OH)–C–C–N with tert-alkyl or cyclic N) is 1. The van der Waals surface area contributed by atoms with E-state index in [-0.39, 0.29) is 60.8 Å². The number of pyridine rings is 1. The Balaban J connectivity index is 0.564. The number of nitrogens with zero attached hydrogens (tertiary/aromatic N) is 10. The molecule has 2 aromatic carbocycles. The van der Waals surface area contributed by atoms with E-state index in [4.69, 9.17) is 24.1 Å². The molecular weight excluding hydrogens is 1030 g/mol. The van der Waals surface area contributed by atoms with Gasteiger partial charge in [0, 0.05) is 119 Å². The molecule has 20 heteroatoms. The molecule has 5 N–H and O–H groups in total. The zero-order valence-electron chi connectivity index (χ0n) is 46.8. The quantitative estimate of drug-likeness (QED) is 0.0691. The molecule has 0 radical (unpaired) electrons. The Bertz CT molecular complexity index is 3140. The first-order valence-corrected chi connectivity index (χ1v) is 29.2. The number of aliphatic hydroxyl groups is 1. The number of ether oxygens (including phenoxy) is 2. The number of phenols is 1. The maximum atomic E-state index is 14.4. The van der Waals surface area contributed by atoms with E-state index in [0.29, 0.717) is 52.5 Å². The van der Waals surface area contributed by atoms with Crippen molar-refractivity contribution in [2.75, 3.05) is 72.8 Å². The minimum Gasteiger partial charge on any atom is -0.507 e. The standard InChI is InChI=1S/C61H76N12O8/c1-36(2)57(61(77)72-34-45(74)26-52(72)60(76)65-37(3)40-9-11-41(12-10-40)58-38(4)64-35-78-58)54-30-55(68-81-54)70-23-16-39(17-24-70)31-69-21-18-46(19-22-69)79-47-27-48(28-47)80-56-25-42(15-20-63-56)73-43-13-14-44(73)33-71(32-43)51-29-50(66-67-59(51)62)49-7-5-6-8-53(49)75/h5-12,15,20,25,29-30,35-37,39,43-48,52,57,74-75H,13-14,16-19,21-24,26-28,31-34H2,1-4H3,(H2,62,67)(H,65,76)/t37-,43?,44?,45+,47?,48?,52-,57+/m0/s1. The zero-order valence-corrected chi connectivity index (χ0v) is 46.8. The number of hydrogen-bond donors (Lipinski definition) is 4. The van der Waals surface area contributed by atoms with E-state index in [1.54, 1.807) is 12.1 Å². The molecule has 20 nitrogen and oxygen atoms in total. The number of piperidine rings is 2. The number of aliphatic hydroxyl groups excluding tert-OH is 1. The first-order chi connectivity index (χ1) is 39.3. The minimum atomic E-state index is -0.817. The lowest BCUT2D eigenvalue weighted by atomic mass is 9.91. The summed E-state index contributed by atoms with van der Waals surface area (Å²) in [5, 5.41) is 37.4. The van der Waals surface area contributed by atoms with Gasteiger partial charge in [-0.15, -0.1) is 10.2 Å². The van der Waals surface area contributed by atoms with Gasteiger partial charge in [0.25, 0.3) is 0 Å². The SMILES string of the molecule is Cc1ncoc1-c1ccc([C@H](C)NC(=O)[C@@H]2C[C@@H](O)CN2C(=O)[C@@H](c2cc(N3CCC(CN4CCC(OC5CC(Oc6cc(N7C8CCC7CN(c7cc(-c9ccccc9O)nnc7N)C8)ccn6)C5)CC4)CC3)no2)C(C)C)cc1. The van der Waals surface area contributed by atoms with Crippen molar-refractivity contribution in [1.29, 1.82) is 0 Å². The molecule has 5 saturated heterocycles. The van der Waals surface area contributed by atoms with E-state index in [1.165, 1.54) is 11.3 Å². The number of oxazole rings is 1. The Morgan fingerprint density at radius 3 is 2.30 bits per heavy atom. The summed E-state index contributed by atoms with van der Waals surface area (Å²) in [6.45, 7) is 14.3. The summed E-state index contributed by atoms with van der Waals surface area (Å²) >= 11 is 0. The molecule has 81 heavy (non-hydrogen) atoms. The number of nitrogens with one attached hydrogen (secondary N) is 1. The van der Waals surface area contributed by atoms with Crippen molar-refractivity contribution in [1.82, 2.24) is 40.4 Å². The molecule has 5 aliphatic heterocycles. The maximum Gasteiger partial charge on any atom is 0.243 e. The number of aryl methyl sites for hydroxylation is 1. The Morgan fingerprint density at radius 1 is 0.827 bits per heavy atom. The fourth-order valence-electron chi connectivity index (χ4n) is 13.4. The fraction of sp³-hybridized carbons (Fsp3) is 0.525. The van der Waals surface area contributed by atoms with Crippen LogP contribution in [0.2, 0.25) is 0 Å². The van der Waals surface area contributed by atoms with E-state index in [1.807, 2.05) is 82.4 Å². The van der Waals surface area contributed by atoms with Gasteiger partial charge >= 0.3 is 0 Å². The van der Waals surface area contributed by atoms with Crippen molar-refractivity contribution in [3.8, 4) is 34.2 Å². The Kier molecular flexibility index (Phi) is 15.6. The van der Waals surface area contributed by atoms with E-state index in [2.05, 4.69) is 62.4 Å². The van der Waals surface area contributed by atoms with Crippen LogP contribution in [0.3, 0.4) is 0 Å². The monoisotopic (exact) mass is 1100 g/mol. The number of rotatable bonds is 17. The summed E-state index contributed by atoms with van der Waals surface area (Å²) < 4.78 is 24.6. The summed E-state index contributed by atoms with van der Waals surface area (Å²) in [7, 11) is 0. The van der Waals surface area contributed by atoms with Gasteiger partial charge in [0.15, 0.2) is 29.5 Å². The highest BCUT2D eigenvalue weighted by Gasteiger charge is 2.45. The van der Waals surface area contributed by atoms with Crippen molar-refractivity contribution in [3.63, 3.8) is 0 Å². The topological polar surface area (TPSA) is 238 Å². The van der Waals surface area contributed by atoms with Gasteiger partial charge in [-0.1, -0.05) is 55.4 Å². The van der Waals surface area contributed by atoms with Gasteiger partial charge in [0.2, 0.25) is 17.7 Å². The van der Waals surface area contributed by atoms with Crippen LogP contribution in [0, 0.1) is 18.8 Å². The predicted molar refractivity (Wildman–Crippen MR) is 306 cm³/mol. The van der Waals surface area contributed by atoms with E-state index >= 15 is 0 Å². The molecule has 2 amide bonds. The third kappa shape index (κ3) is 11.6. The fourth-order valence-corrected chi connectivity index (χ4v) is 13.4. The number of para-hydroxylation sites is 1. The summed E-state index contributed by atoms with van der Waals surface area (Å²) in [6.07, 6.45) is 11.2. The highest BCUT2D eigenvalue weighted by Crippen LogP contribution is 2.41. The molecule has 2 unspecified atom stereocenters. The van der Waals surface area contributed by atoms with Crippen LogP contribution in [-0.2, 0) is 14.3 Å². The van der Waals surface area contributed by atoms with Crippen LogP contribution in [-0.4, -0.2) is 152 Å². The number of aromatic nitrogens is 5. The van der Waals surface area contributed by atoms with E-state index in [9.17, 15) is 19.8 Å².